The summed E-state index contributed by atoms with van der Waals surface area (Å²) in [6.07, 6.45) is 6.92. The molecule has 0 radical (unpaired) electrons. The van der Waals surface area contributed by atoms with E-state index in [9.17, 15) is 4.79 Å². The molecular weight excluding hydrogens is 418 g/mol. The largest absolute Gasteiger partial charge is 0.370 e. The first-order chi connectivity index (χ1) is 15.9. The van der Waals surface area contributed by atoms with Crippen LogP contribution in [0.1, 0.15) is 29.9 Å². The van der Waals surface area contributed by atoms with Crippen LogP contribution < -0.4 is 20.9 Å². The van der Waals surface area contributed by atoms with Crippen LogP contribution in [0.4, 0.5) is 17.3 Å². The number of carbonyl (C=O) groups is 1. The molecule has 3 aromatic heterocycles. The summed E-state index contributed by atoms with van der Waals surface area (Å²) >= 11 is 0. The third-order valence-electron chi connectivity index (χ3n) is 5.78. The lowest BCUT2D eigenvalue weighted by Crippen LogP contribution is -2.54. The number of aromatic nitrogens is 5. The van der Waals surface area contributed by atoms with Crippen molar-refractivity contribution in [3.63, 3.8) is 0 Å². The number of anilines is 3. The first kappa shape index (κ1) is 21.1. The molecule has 1 aromatic carbocycles. The summed E-state index contributed by atoms with van der Waals surface area (Å²) in [7, 11) is 1.78. The average Bonchev–Trinajstić information content (AvgIpc) is 3.17. The van der Waals surface area contributed by atoms with Gasteiger partial charge in [-0.1, -0.05) is 0 Å². The maximum absolute atomic E-state index is 13.3. The number of hydrogen-bond acceptors (Lipinski definition) is 8. The highest BCUT2D eigenvalue weighted by molar-refractivity contribution is 6.12. The molecule has 1 saturated heterocycles. The van der Waals surface area contributed by atoms with Crippen LogP contribution in [0.25, 0.3) is 16.7 Å². The van der Waals surface area contributed by atoms with Crippen molar-refractivity contribution < 1.29 is 4.79 Å². The monoisotopic (exact) mass is 445 g/mol. The Bertz CT molecular complexity index is 1340. The van der Waals surface area contributed by atoms with Crippen molar-refractivity contribution in [3.05, 3.63) is 48.2 Å². The van der Waals surface area contributed by atoms with Crippen LogP contribution in [0.3, 0.4) is 0 Å². The predicted octanol–water partition coefficient (Wildman–Crippen LogP) is 2.46. The summed E-state index contributed by atoms with van der Waals surface area (Å²) in [6.45, 7) is 7.98. The van der Waals surface area contributed by atoms with Crippen LogP contribution in [0, 0.1) is 6.92 Å². The van der Waals surface area contributed by atoms with Gasteiger partial charge in [0.05, 0.1) is 23.1 Å². The Morgan fingerprint density at radius 1 is 1.06 bits per heavy atom. The van der Waals surface area contributed by atoms with Crippen molar-refractivity contribution in [2.75, 3.05) is 35.7 Å². The fourth-order valence-electron chi connectivity index (χ4n) is 4.54. The number of piperazine rings is 1. The number of fused-ring (bicyclic) bond motifs is 2. The molecule has 4 aromatic rings. The molecule has 0 bridgehead atoms. The molecule has 10 heteroatoms. The van der Waals surface area contributed by atoms with E-state index in [1.54, 1.807) is 25.6 Å². The summed E-state index contributed by atoms with van der Waals surface area (Å²) in [5, 5.41) is 9.50. The van der Waals surface area contributed by atoms with Gasteiger partial charge in [-0.2, -0.15) is 0 Å². The number of nitrogens with zero attached hydrogens (tertiary/aromatic N) is 6. The minimum Gasteiger partial charge on any atom is -0.370 e. The molecule has 1 fully saturated rings. The summed E-state index contributed by atoms with van der Waals surface area (Å²) < 4.78 is 1.84. The molecule has 1 aliphatic heterocycles. The van der Waals surface area contributed by atoms with Crippen LogP contribution in [0.5, 0.6) is 0 Å². The smallest absolute Gasteiger partial charge is 0.259 e. The third-order valence-corrected chi connectivity index (χ3v) is 5.78. The van der Waals surface area contributed by atoms with E-state index in [1.165, 1.54) is 0 Å². The predicted molar refractivity (Wildman–Crippen MR) is 129 cm³/mol. The minimum atomic E-state index is -0.292. The Kier molecular flexibility index (Phi) is 5.29. The molecule has 10 nitrogen and oxygen atoms in total. The van der Waals surface area contributed by atoms with Gasteiger partial charge < -0.3 is 25.3 Å². The SMILES string of the molecule is CNc1nc(NC(=O)c2ccc(N3C[C@@H](C)N[C@@H](C)C3)c3nccnc23)cn2cc(C)nc12. The minimum absolute atomic E-state index is 0.292. The fourth-order valence-corrected chi connectivity index (χ4v) is 4.54. The second-order valence-corrected chi connectivity index (χ2v) is 8.55. The highest BCUT2D eigenvalue weighted by Crippen LogP contribution is 2.28. The van der Waals surface area contributed by atoms with Gasteiger partial charge in [-0.3, -0.25) is 14.8 Å². The van der Waals surface area contributed by atoms with Crippen LogP contribution in [0.2, 0.25) is 0 Å². The first-order valence-electron chi connectivity index (χ1n) is 11.0. The second-order valence-electron chi connectivity index (χ2n) is 8.55. The van der Waals surface area contributed by atoms with E-state index >= 15 is 0 Å². The Balaban J connectivity index is 1.50. The number of amides is 1. The van der Waals surface area contributed by atoms with E-state index in [4.69, 9.17) is 0 Å². The third kappa shape index (κ3) is 3.93. The molecule has 0 spiro atoms. The Labute approximate surface area is 191 Å². The highest BCUT2D eigenvalue weighted by atomic mass is 16.1. The van der Waals surface area contributed by atoms with Gasteiger partial charge in [0, 0.05) is 50.8 Å². The number of nitrogens with one attached hydrogen (secondary N) is 3. The van der Waals surface area contributed by atoms with Gasteiger partial charge in [-0.25, -0.2) is 9.97 Å². The number of benzene rings is 1. The van der Waals surface area contributed by atoms with E-state index in [0.29, 0.717) is 40.4 Å². The van der Waals surface area contributed by atoms with Gasteiger partial charge >= 0.3 is 0 Å². The number of rotatable bonds is 4. The molecular formula is C23H27N9O. The lowest BCUT2D eigenvalue weighted by molar-refractivity contribution is 0.102. The average molecular weight is 446 g/mol. The van der Waals surface area contributed by atoms with Crippen LogP contribution >= 0.6 is 0 Å². The fraction of sp³-hybridized carbons (Fsp3) is 0.348. The maximum Gasteiger partial charge on any atom is 0.259 e. The lowest BCUT2D eigenvalue weighted by Gasteiger charge is -2.38. The molecule has 0 aliphatic carbocycles. The van der Waals surface area contributed by atoms with Crippen molar-refractivity contribution in [2.24, 2.45) is 0 Å². The van der Waals surface area contributed by atoms with E-state index in [0.717, 1.165) is 30.0 Å². The summed E-state index contributed by atoms with van der Waals surface area (Å²) in [5.74, 6) is 0.711. The number of hydrogen-bond donors (Lipinski definition) is 3. The van der Waals surface area contributed by atoms with Gasteiger partial charge in [0.2, 0.25) is 0 Å². The van der Waals surface area contributed by atoms with Crippen molar-refractivity contribution in [3.8, 4) is 0 Å². The number of carbonyl (C=O) groups excluding carboxylic acids is 1. The van der Waals surface area contributed by atoms with Crippen LogP contribution in [-0.4, -0.2) is 62.5 Å². The summed E-state index contributed by atoms with van der Waals surface area (Å²) in [5.41, 5.74) is 4.29. The van der Waals surface area contributed by atoms with E-state index in [1.807, 2.05) is 29.7 Å². The maximum atomic E-state index is 13.3. The van der Waals surface area contributed by atoms with E-state index in [2.05, 4.69) is 54.6 Å². The van der Waals surface area contributed by atoms with Crippen molar-refractivity contribution >= 4 is 39.9 Å². The van der Waals surface area contributed by atoms with Gasteiger partial charge in [0.25, 0.3) is 5.91 Å². The quantitative estimate of drug-likeness (QED) is 0.439. The van der Waals surface area contributed by atoms with Gasteiger partial charge in [-0.15, -0.1) is 0 Å². The lowest BCUT2D eigenvalue weighted by atomic mass is 10.1. The number of aryl methyl sites for hydroxylation is 1. The molecule has 1 aliphatic rings. The van der Waals surface area contributed by atoms with Crippen LogP contribution in [0.15, 0.2) is 36.9 Å². The van der Waals surface area contributed by atoms with Crippen molar-refractivity contribution in [1.29, 1.82) is 0 Å². The molecule has 2 atom stereocenters. The molecule has 3 N–H and O–H groups in total. The molecule has 1 amide bonds. The van der Waals surface area contributed by atoms with E-state index in [-0.39, 0.29) is 5.91 Å². The first-order valence-corrected chi connectivity index (χ1v) is 11.0. The Hall–Kier alpha value is -3.79. The Morgan fingerprint density at radius 3 is 2.52 bits per heavy atom. The zero-order valence-corrected chi connectivity index (χ0v) is 19.1. The van der Waals surface area contributed by atoms with Gasteiger partial charge in [0.1, 0.15) is 11.0 Å². The van der Waals surface area contributed by atoms with Gasteiger partial charge in [-0.05, 0) is 32.9 Å². The number of imidazole rings is 1. The van der Waals surface area contributed by atoms with Crippen LogP contribution in [-0.2, 0) is 0 Å². The Morgan fingerprint density at radius 2 is 1.79 bits per heavy atom. The molecule has 170 valence electrons. The standard InChI is InChI=1S/C23H27N9O/c1-13-9-31(10-14(2)27-13)17-6-5-16(19-20(17)26-8-7-25-19)23(33)30-18-12-32-11-15(3)28-22(32)21(24-4)29-18/h5-8,11-14,27H,9-10H2,1-4H3,(H,24,29)(H,30,33)/t13-,14+. The zero-order valence-electron chi connectivity index (χ0n) is 19.1. The highest BCUT2D eigenvalue weighted by Gasteiger charge is 2.24. The zero-order chi connectivity index (χ0) is 23.1. The van der Waals surface area contributed by atoms with Crippen molar-refractivity contribution in [2.45, 2.75) is 32.9 Å². The summed E-state index contributed by atoms with van der Waals surface area (Å²) in [4.78, 5) is 33.6. The second kappa shape index (κ2) is 8.28. The topological polar surface area (TPSA) is 112 Å². The normalized spacial score (nSPS) is 18.6. The molecule has 0 unspecified atom stereocenters. The molecule has 33 heavy (non-hydrogen) atoms. The van der Waals surface area contributed by atoms with Gasteiger partial charge in [0.15, 0.2) is 17.3 Å². The molecule has 0 saturated carbocycles. The van der Waals surface area contributed by atoms with E-state index < -0.39 is 0 Å². The molecule has 5 rings (SSSR count). The van der Waals surface area contributed by atoms with Crippen molar-refractivity contribution in [1.82, 2.24) is 29.7 Å². The summed E-state index contributed by atoms with van der Waals surface area (Å²) in [6, 6.07) is 4.50. The molecule has 4 heterocycles.